The first-order valence-corrected chi connectivity index (χ1v) is 8.84. The number of nitro benzene ring substituents is 1. The van der Waals surface area contributed by atoms with Crippen LogP contribution in [0.25, 0.3) is 0 Å². The standard InChI is InChI=1S/C13H21N3O4S/c1-3-8-14-11-6-4-7-12(13(11)16(17)18)15-9-5-10-21(2,19)20/h4,6-7,14-15H,3,5,8-10H2,1-2H3. The molecule has 0 atom stereocenters. The second-order valence-electron chi connectivity index (χ2n) is 4.80. The van der Waals surface area contributed by atoms with Crippen molar-refractivity contribution in [3.05, 3.63) is 28.3 Å². The van der Waals surface area contributed by atoms with E-state index in [1.54, 1.807) is 18.2 Å². The van der Waals surface area contributed by atoms with Gasteiger partial charge in [-0.25, -0.2) is 8.42 Å². The average Bonchev–Trinajstić information content (AvgIpc) is 2.40. The minimum absolute atomic E-state index is 0.00898. The first kappa shape index (κ1) is 17.2. The molecule has 0 amide bonds. The molecule has 0 bridgehead atoms. The van der Waals surface area contributed by atoms with Gasteiger partial charge in [-0.05, 0) is 25.0 Å². The number of hydrogen-bond acceptors (Lipinski definition) is 6. The second-order valence-corrected chi connectivity index (χ2v) is 7.06. The van der Waals surface area contributed by atoms with E-state index in [9.17, 15) is 18.5 Å². The summed E-state index contributed by atoms with van der Waals surface area (Å²) in [5.41, 5.74) is 0.856. The number of sulfone groups is 1. The number of nitrogens with zero attached hydrogens (tertiary/aromatic N) is 1. The van der Waals surface area contributed by atoms with Crippen LogP contribution in [0.4, 0.5) is 17.1 Å². The highest BCUT2D eigenvalue weighted by molar-refractivity contribution is 7.90. The average molecular weight is 315 g/mol. The lowest BCUT2D eigenvalue weighted by Gasteiger charge is -2.11. The molecule has 0 heterocycles. The Morgan fingerprint density at radius 3 is 2.24 bits per heavy atom. The third kappa shape index (κ3) is 5.99. The van der Waals surface area contributed by atoms with E-state index in [2.05, 4.69) is 10.6 Å². The van der Waals surface area contributed by atoms with Crippen LogP contribution in [0.1, 0.15) is 19.8 Å². The summed E-state index contributed by atoms with van der Waals surface area (Å²) in [6.45, 7) is 3.00. The Bertz CT molecular complexity index is 587. The first-order valence-electron chi connectivity index (χ1n) is 6.78. The van der Waals surface area contributed by atoms with E-state index >= 15 is 0 Å². The fourth-order valence-electron chi connectivity index (χ4n) is 1.84. The summed E-state index contributed by atoms with van der Waals surface area (Å²) in [5, 5.41) is 17.2. The molecule has 118 valence electrons. The topological polar surface area (TPSA) is 101 Å². The van der Waals surface area contributed by atoms with Crippen LogP contribution in [-0.4, -0.2) is 38.4 Å². The number of anilines is 2. The smallest absolute Gasteiger partial charge is 0.315 e. The van der Waals surface area contributed by atoms with Crippen LogP contribution >= 0.6 is 0 Å². The molecular formula is C13H21N3O4S. The van der Waals surface area contributed by atoms with Gasteiger partial charge in [0.25, 0.3) is 0 Å². The Balaban J connectivity index is 2.79. The molecule has 1 aromatic carbocycles. The molecule has 0 fully saturated rings. The van der Waals surface area contributed by atoms with E-state index in [1.807, 2.05) is 6.92 Å². The van der Waals surface area contributed by atoms with Gasteiger partial charge in [-0.2, -0.15) is 0 Å². The van der Waals surface area contributed by atoms with Gasteiger partial charge in [-0.3, -0.25) is 10.1 Å². The molecule has 0 saturated carbocycles. The van der Waals surface area contributed by atoms with Crippen LogP contribution < -0.4 is 10.6 Å². The summed E-state index contributed by atoms with van der Waals surface area (Å²) in [7, 11) is -3.01. The van der Waals surface area contributed by atoms with Gasteiger partial charge in [0.1, 0.15) is 21.2 Å². The molecule has 0 aliphatic carbocycles. The zero-order chi connectivity index (χ0) is 15.9. The van der Waals surface area contributed by atoms with Gasteiger partial charge in [0.05, 0.1) is 10.7 Å². The summed E-state index contributed by atoms with van der Waals surface area (Å²) in [6, 6.07) is 5.01. The van der Waals surface area contributed by atoms with E-state index in [4.69, 9.17) is 0 Å². The molecule has 0 aromatic heterocycles. The minimum Gasteiger partial charge on any atom is -0.379 e. The Morgan fingerprint density at radius 1 is 1.19 bits per heavy atom. The van der Waals surface area contributed by atoms with Crippen LogP contribution in [0.2, 0.25) is 0 Å². The predicted molar refractivity (Wildman–Crippen MR) is 84.7 cm³/mol. The zero-order valence-corrected chi connectivity index (χ0v) is 13.1. The summed E-state index contributed by atoms with van der Waals surface area (Å²) in [6.07, 6.45) is 2.44. The molecule has 0 spiro atoms. The molecule has 21 heavy (non-hydrogen) atoms. The Morgan fingerprint density at radius 2 is 1.76 bits per heavy atom. The van der Waals surface area contributed by atoms with Gasteiger partial charge < -0.3 is 10.6 Å². The van der Waals surface area contributed by atoms with Crippen molar-refractivity contribution in [3.8, 4) is 0 Å². The van der Waals surface area contributed by atoms with E-state index in [0.717, 1.165) is 6.42 Å². The van der Waals surface area contributed by atoms with E-state index in [0.29, 0.717) is 30.9 Å². The molecule has 0 radical (unpaired) electrons. The highest BCUT2D eigenvalue weighted by Crippen LogP contribution is 2.32. The molecule has 0 aliphatic rings. The maximum atomic E-state index is 11.2. The van der Waals surface area contributed by atoms with Crippen molar-refractivity contribution in [2.24, 2.45) is 0 Å². The number of benzene rings is 1. The summed E-state index contributed by atoms with van der Waals surface area (Å²) in [4.78, 5) is 10.8. The maximum absolute atomic E-state index is 11.2. The van der Waals surface area contributed by atoms with Gasteiger partial charge in [-0.1, -0.05) is 13.0 Å². The molecule has 8 heteroatoms. The van der Waals surface area contributed by atoms with Crippen LogP contribution in [-0.2, 0) is 9.84 Å². The second kappa shape index (κ2) is 7.82. The van der Waals surface area contributed by atoms with Gasteiger partial charge >= 0.3 is 5.69 Å². The number of para-hydroxylation sites is 1. The lowest BCUT2D eigenvalue weighted by Crippen LogP contribution is -2.11. The number of nitrogens with one attached hydrogen (secondary N) is 2. The SMILES string of the molecule is CCCNc1cccc(NCCCS(C)(=O)=O)c1[N+](=O)[O-]. The van der Waals surface area contributed by atoms with Crippen molar-refractivity contribution >= 4 is 26.9 Å². The van der Waals surface area contributed by atoms with Gasteiger partial charge in [0.2, 0.25) is 0 Å². The van der Waals surface area contributed by atoms with Gasteiger partial charge in [0.15, 0.2) is 0 Å². The van der Waals surface area contributed by atoms with Crippen molar-refractivity contribution in [1.29, 1.82) is 0 Å². The zero-order valence-electron chi connectivity index (χ0n) is 12.3. The fraction of sp³-hybridized carbons (Fsp3) is 0.538. The van der Waals surface area contributed by atoms with Crippen molar-refractivity contribution < 1.29 is 13.3 Å². The highest BCUT2D eigenvalue weighted by atomic mass is 32.2. The molecule has 0 aliphatic heterocycles. The molecular weight excluding hydrogens is 294 g/mol. The van der Waals surface area contributed by atoms with Crippen LogP contribution in [0.15, 0.2) is 18.2 Å². The molecule has 0 saturated heterocycles. The molecule has 0 unspecified atom stereocenters. The van der Waals surface area contributed by atoms with Gasteiger partial charge in [-0.15, -0.1) is 0 Å². The normalized spacial score (nSPS) is 11.1. The quantitative estimate of drug-likeness (QED) is 0.412. The Labute approximate surface area is 124 Å². The first-order chi connectivity index (χ1) is 9.85. The number of nitro groups is 1. The van der Waals surface area contributed by atoms with Crippen molar-refractivity contribution in [2.45, 2.75) is 19.8 Å². The predicted octanol–water partition coefficient (Wildman–Crippen LogP) is 2.26. The van der Waals surface area contributed by atoms with E-state index < -0.39 is 14.8 Å². The third-order valence-electron chi connectivity index (χ3n) is 2.79. The highest BCUT2D eigenvalue weighted by Gasteiger charge is 2.19. The molecule has 7 nitrogen and oxygen atoms in total. The summed E-state index contributed by atoms with van der Waals surface area (Å²) >= 11 is 0. The lowest BCUT2D eigenvalue weighted by atomic mass is 10.2. The Hall–Kier alpha value is -1.83. The van der Waals surface area contributed by atoms with Crippen LogP contribution in [0.5, 0.6) is 0 Å². The third-order valence-corrected chi connectivity index (χ3v) is 3.82. The maximum Gasteiger partial charge on any atom is 0.315 e. The molecule has 2 N–H and O–H groups in total. The summed E-state index contributed by atoms with van der Waals surface area (Å²) in [5.74, 6) is 0.0571. The Kier molecular flexibility index (Phi) is 6.41. The van der Waals surface area contributed by atoms with Crippen molar-refractivity contribution in [3.63, 3.8) is 0 Å². The van der Waals surface area contributed by atoms with Crippen LogP contribution in [0, 0.1) is 10.1 Å². The minimum atomic E-state index is -3.01. The van der Waals surface area contributed by atoms with Crippen molar-refractivity contribution in [2.75, 3.05) is 35.7 Å². The van der Waals surface area contributed by atoms with E-state index in [1.165, 1.54) is 6.26 Å². The van der Waals surface area contributed by atoms with Gasteiger partial charge in [0, 0.05) is 19.3 Å². The number of hydrogen-bond donors (Lipinski definition) is 2. The van der Waals surface area contributed by atoms with Crippen molar-refractivity contribution in [1.82, 2.24) is 0 Å². The monoisotopic (exact) mass is 315 g/mol. The summed E-state index contributed by atoms with van der Waals surface area (Å²) < 4.78 is 22.1. The molecule has 1 aromatic rings. The fourth-order valence-corrected chi connectivity index (χ4v) is 2.51. The lowest BCUT2D eigenvalue weighted by molar-refractivity contribution is -0.383. The number of rotatable bonds is 9. The molecule has 1 rings (SSSR count). The van der Waals surface area contributed by atoms with Crippen LogP contribution in [0.3, 0.4) is 0 Å². The van der Waals surface area contributed by atoms with E-state index in [-0.39, 0.29) is 11.4 Å². The largest absolute Gasteiger partial charge is 0.379 e.